The molecule has 0 saturated carbocycles. The summed E-state index contributed by atoms with van der Waals surface area (Å²) in [5, 5.41) is 12.8. The lowest BCUT2D eigenvalue weighted by molar-refractivity contribution is -0.161. The van der Waals surface area contributed by atoms with Crippen LogP contribution >= 0.6 is 0 Å². The molecule has 0 saturated heterocycles. The van der Waals surface area contributed by atoms with E-state index in [1.807, 2.05) is 30.3 Å². The van der Waals surface area contributed by atoms with Gasteiger partial charge in [0.15, 0.2) is 11.9 Å². The summed E-state index contributed by atoms with van der Waals surface area (Å²) in [5.74, 6) is -0.491. The summed E-state index contributed by atoms with van der Waals surface area (Å²) in [4.78, 5) is 36.3. The van der Waals surface area contributed by atoms with Gasteiger partial charge in [0, 0.05) is 18.4 Å². The van der Waals surface area contributed by atoms with Gasteiger partial charge in [-0.25, -0.2) is 0 Å². The van der Waals surface area contributed by atoms with Crippen molar-refractivity contribution >= 4 is 17.7 Å². The zero-order valence-electron chi connectivity index (χ0n) is 29.3. The second kappa shape index (κ2) is 31.4. The van der Waals surface area contributed by atoms with Crippen LogP contribution in [0.2, 0.25) is 0 Å². The van der Waals surface area contributed by atoms with Crippen molar-refractivity contribution in [1.29, 1.82) is 0 Å². The predicted molar refractivity (Wildman–Crippen MR) is 188 cm³/mol. The molecule has 46 heavy (non-hydrogen) atoms. The third kappa shape index (κ3) is 25.9. The van der Waals surface area contributed by atoms with Crippen molar-refractivity contribution in [2.24, 2.45) is 0 Å². The van der Waals surface area contributed by atoms with Gasteiger partial charge in [0.2, 0.25) is 0 Å². The molecular weight excluding hydrogens is 578 g/mol. The molecule has 0 aliphatic carbocycles. The zero-order valence-corrected chi connectivity index (χ0v) is 29.3. The fraction of sp³-hybridized carbons (Fsp3) is 0.769. The van der Waals surface area contributed by atoms with E-state index in [9.17, 15) is 19.5 Å². The molecule has 264 valence electrons. The summed E-state index contributed by atoms with van der Waals surface area (Å²) in [7, 11) is 0. The van der Waals surface area contributed by atoms with Crippen LogP contribution in [0.3, 0.4) is 0 Å². The summed E-state index contributed by atoms with van der Waals surface area (Å²) < 4.78 is 10.6. The molecule has 0 radical (unpaired) electrons. The molecule has 2 N–H and O–H groups in total. The van der Waals surface area contributed by atoms with Crippen LogP contribution in [0.5, 0.6) is 0 Å². The average molecular weight is 646 g/mol. The van der Waals surface area contributed by atoms with Crippen molar-refractivity contribution in [3.05, 3.63) is 35.9 Å². The summed E-state index contributed by atoms with van der Waals surface area (Å²) in [6, 6.07) is 9.40. The number of carbonyl (C=O) groups excluding carboxylic acids is 3. The number of aliphatic hydroxyl groups excluding tert-OH is 1. The number of carbonyl (C=O) groups is 3. The Hall–Kier alpha value is -2.25. The second-order valence-electron chi connectivity index (χ2n) is 12.9. The molecule has 1 aromatic rings. The zero-order chi connectivity index (χ0) is 33.3. The number of nitrogens with one attached hydrogen (secondary N) is 1. The lowest BCUT2D eigenvalue weighted by Gasteiger charge is -2.15. The van der Waals surface area contributed by atoms with Gasteiger partial charge in [0.1, 0.15) is 6.61 Å². The Morgan fingerprint density at radius 1 is 0.630 bits per heavy atom. The molecule has 7 heteroatoms. The Labute approximate surface area is 281 Å². The van der Waals surface area contributed by atoms with Crippen LogP contribution in [0.15, 0.2) is 30.3 Å². The first-order valence-electron chi connectivity index (χ1n) is 18.8. The number of Topliss-reactive ketones (excluding diaryl/α,β-unsaturated/α-hetero) is 1. The molecular formula is C39H67NO6. The lowest BCUT2D eigenvalue weighted by Crippen LogP contribution is -2.28. The Morgan fingerprint density at radius 3 is 1.59 bits per heavy atom. The highest BCUT2D eigenvalue weighted by molar-refractivity contribution is 5.97. The van der Waals surface area contributed by atoms with Gasteiger partial charge in [-0.05, 0) is 25.8 Å². The van der Waals surface area contributed by atoms with E-state index in [2.05, 4.69) is 12.2 Å². The molecule has 0 heterocycles. The molecule has 0 amide bonds. The molecule has 0 spiro atoms. The van der Waals surface area contributed by atoms with Crippen LogP contribution in [0.25, 0.3) is 0 Å². The SMILES string of the molecule is CCCCCCCCCCCCCCCC(=O)O[C@@H](CO)COC(=O)CCCCCCCCCCCNCC(=O)c1ccccc1. The third-order valence-electron chi connectivity index (χ3n) is 8.53. The Bertz CT molecular complexity index is 861. The maximum absolute atomic E-state index is 12.1. The highest BCUT2D eigenvalue weighted by Crippen LogP contribution is 2.14. The predicted octanol–water partition coefficient (Wildman–Crippen LogP) is 9.29. The molecule has 1 aromatic carbocycles. The van der Waals surface area contributed by atoms with Gasteiger partial charge in [0.05, 0.1) is 13.2 Å². The molecule has 0 unspecified atom stereocenters. The van der Waals surface area contributed by atoms with Crippen LogP contribution in [0.1, 0.15) is 171 Å². The number of hydrogen-bond acceptors (Lipinski definition) is 7. The maximum atomic E-state index is 12.1. The van der Waals surface area contributed by atoms with Crippen LogP contribution < -0.4 is 5.32 Å². The molecule has 0 aromatic heterocycles. The van der Waals surface area contributed by atoms with Crippen LogP contribution in [-0.2, 0) is 19.1 Å². The number of benzene rings is 1. The number of unbranched alkanes of at least 4 members (excludes halogenated alkanes) is 20. The molecule has 0 aliphatic rings. The van der Waals surface area contributed by atoms with E-state index < -0.39 is 6.10 Å². The van der Waals surface area contributed by atoms with E-state index in [4.69, 9.17) is 9.47 Å². The van der Waals surface area contributed by atoms with Gasteiger partial charge >= 0.3 is 11.9 Å². The largest absolute Gasteiger partial charge is 0.462 e. The van der Waals surface area contributed by atoms with E-state index in [1.54, 1.807) is 0 Å². The minimum absolute atomic E-state index is 0.0848. The van der Waals surface area contributed by atoms with Gasteiger partial charge in [-0.1, -0.05) is 159 Å². The fourth-order valence-electron chi connectivity index (χ4n) is 5.60. The lowest BCUT2D eigenvalue weighted by atomic mass is 10.0. The van der Waals surface area contributed by atoms with E-state index in [0.717, 1.165) is 57.1 Å². The molecule has 7 nitrogen and oxygen atoms in total. The first kappa shape index (κ1) is 41.8. The van der Waals surface area contributed by atoms with Gasteiger partial charge in [0.25, 0.3) is 0 Å². The maximum Gasteiger partial charge on any atom is 0.306 e. The smallest absolute Gasteiger partial charge is 0.306 e. The first-order chi connectivity index (χ1) is 22.6. The second-order valence-corrected chi connectivity index (χ2v) is 12.9. The number of hydrogen-bond donors (Lipinski definition) is 2. The molecule has 1 atom stereocenters. The Kier molecular flexibility index (Phi) is 28.5. The number of ketones is 1. The van der Waals surface area contributed by atoms with E-state index in [0.29, 0.717) is 19.4 Å². The highest BCUT2D eigenvalue weighted by Gasteiger charge is 2.16. The first-order valence-corrected chi connectivity index (χ1v) is 18.8. The standard InChI is InChI=1S/C39H67NO6/c1-2-3-4-5-6-7-8-9-10-12-16-19-25-30-39(44)46-36(33-41)34-45-38(43)29-24-18-15-13-11-14-17-20-26-31-40-32-37(42)35-27-22-21-23-28-35/h21-23,27-28,36,40-41H,2-20,24-26,29-34H2,1H3/t36-/m0/s1. The summed E-state index contributed by atoms with van der Waals surface area (Å²) in [5.41, 5.74) is 0.759. The summed E-state index contributed by atoms with van der Waals surface area (Å²) >= 11 is 0. The van der Waals surface area contributed by atoms with Crippen molar-refractivity contribution in [3.8, 4) is 0 Å². The van der Waals surface area contributed by atoms with Crippen LogP contribution in [-0.4, -0.2) is 55.2 Å². The molecule has 1 rings (SSSR count). The van der Waals surface area contributed by atoms with Crippen molar-refractivity contribution in [1.82, 2.24) is 5.32 Å². The van der Waals surface area contributed by atoms with E-state index in [-0.39, 0.29) is 30.9 Å². The molecule has 0 fully saturated rings. The molecule has 0 aliphatic heterocycles. The van der Waals surface area contributed by atoms with Crippen molar-refractivity contribution in [3.63, 3.8) is 0 Å². The Balaban J connectivity index is 1.87. The minimum atomic E-state index is -0.786. The summed E-state index contributed by atoms with van der Waals surface area (Å²) in [6.45, 7) is 3.09. The van der Waals surface area contributed by atoms with Gasteiger partial charge < -0.3 is 19.9 Å². The van der Waals surface area contributed by atoms with E-state index >= 15 is 0 Å². The third-order valence-corrected chi connectivity index (χ3v) is 8.53. The van der Waals surface area contributed by atoms with Crippen molar-refractivity contribution in [2.45, 2.75) is 167 Å². The average Bonchev–Trinajstić information content (AvgIpc) is 3.07. The van der Waals surface area contributed by atoms with Crippen molar-refractivity contribution < 1.29 is 29.0 Å². The Morgan fingerprint density at radius 2 is 1.09 bits per heavy atom. The number of aliphatic hydroxyl groups is 1. The van der Waals surface area contributed by atoms with Crippen LogP contribution in [0, 0.1) is 0 Å². The fourth-order valence-corrected chi connectivity index (χ4v) is 5.60. The van der Waals surface area contributed by atoms with Gasteiger partial charge in [-0.15, -0.1) is 0 Å². The quantitative estimate of drug-likeness (QED) is 0.0446. The van der Waals surface area contributed by atoms with Gasteiger partial charge in [-0.3, -0.25) is 14.4 Å². The van der Waals surface area contributed by atoms with Crippen LogP contribution in [0.4, 0.5) is 0 Å². The monoisotopic (exact) mass is 645 g/mol. The molecule has 0 bridgehead atoms. The van der Waals surface area contributed by atoms with Crippen molar-refractivity contribution in [2.75, 3.05) is 26.3 Å². The normalized spacial score (nSPS) is 11.8. The number of rotatable bonds is 33. The van der Waals surface area contributed by atoms with E-state index in [1.165, 1.54) is 96.3 Å². The number of ether oxygens (including phenoxy) is 2. The van der Waals surface area contributed by atoms with Gasteiger partial charge in [-0.2, -0.15) is 0 Å². The summed E-state index contributed by atoms with van der Waals surface area (Å²) in [6.07, 6.45) is 26.1. The topological polar surface area (TPSA) is 102 Å². The highest BCUT2D eigenvalue weighted by atomic mass is 16.6. The minimum Gasteiger partial charge on any atom is -0.462 e. The number of esters is 2.